The molecule has 90 valence electrons. The van der Waals surface area contributed by atoms with E-state index in [-0.39, 0.29) is 0 Å². The molecule has 0 spiro atoms. The van der Waals surface area contributed by atoms with Crippen LogP contribution in [0.4, 0.5) is 0 Å². The van der Waals surface area contributed by atoms with Crippen molar-refractivity contribution in [3.8, 4) is 0 Å². The van der Waals surface area contributed by atoms with Crippen molar-refractivity contribution >= 4 is 0 Å². The highest BCUT2D eigenvalue weighted by Gasteiger charge is 2.05. The van der Waals surface area contributed by atoms with E-state index in [2.05, 4.69) is 55.5 Å². The van der Waals surface area contributed by atoms with Crippen LogP contribution in [0, 0.1) is 0 Å². The molecular weight excluding hydrogens is 208 g/mol. The van der Waals surface area contributed by atoms with Crippen LogP contribution < -0.4 is 0 Å². The highest BCUT2D eigenvalue weighted by Crippen LogP contribution is 2.16. The second-order valence-corrected chi connectivity index (χ2v) is 4.59. The Bertz CT molecular complexity index is 389. The molecule has 0 saturated carbocycles. The van der Waals surface area contributed by atoms with E-state index in [1.807, 2.05) is 0 Å². The summed E-state index contributed by atoms with van der Waals surface area (Å²) in [6.45, 7) is 3.74. The van der Waals surface area contributed by atoms with Crippen LogP contribution in [0.2, 0.25) is 0 Å². The quantitative estimate of drug-likeness (QED) is 0.737. The van der Waals surface area contributed by atoms with Gasteiger partial charge in [-0.3, -0.25) is 0 Å². The van der Waals surface area contributed by atoms with Crippen LogP contribution >= 0.6 is 0 Å². The molecule has 0 N–H and O–H groups in total. The third-order valence-corrected chi connectivity index (χ3v) is 3.08. The lowest BCUT2D eigenvalue weighted by atomic mass is 10.0. The molecule has 0 aliphatic heterocycles. The molecule has 0 amide bonds. The Morgan fingerprint density at radius 3 is 2.71 bits per heavy atom. The third kappa shape index (κ3) is 3.86. The zero-order valence-electron chi connectivity index (χ0n) is 10.4. The highest BCUT2D eigenvalue weighted by atomic mass is 16.5. The SMILES string of the molecule is CC(COCC1=CCCC=C1)c1ccccc1. The van der Waals surface area contributed by atoms with Crippen molar-refractivity contribution in [3.63, 3.8) is 0 Å². The van der Waals surface area contributed by atoms with E-state index in [0.717, 1.165) is 19.6 Å². The molecule has 0 fully saturated rings. The summed E-state index contributed by atoms with van der Waals surface area (Å²) in [6, 6.07) is 10.5. The molecule has 1 heteroatoms. The van der Waals surface area contributed by atoms with Crippen LogP contribution in [0.3, 0.4) is 0 Å². The Labute approximate surface area is 104 Å². The Morgan fingerprint density at radius 2 is 2.00 bits per heavy atom. The van der Waals surface area contributed by atoms with Gasteiger partial charge >= 0.3 is 0 Å². The summed E-state index contributed by atoms with van der Waals surface area (Å²) in [6.07, 6.45) is 9.00. The molecular formula is C16H20O. The van der Waals surface area contributed by atoms with Crippen LogP contribution in [-0.2, 0) is 4.74 Å². The molecule has 1 aliphatic rings. The fourth-order valence-electron chi connectivity index (χ4n) is 2.01. The van der Waals surface area contributed by atoms with Crippen molar-refractivity contribution in [1.82, 2.24) is 0 Å². The van der Waals surface area contributed by atoms with Crippen molar-refractivity contribution < 1.29 is 4.74 Å². The summed E-state index contributed by atoms with van der Waals surface area (Å²) in [5.41, 5.74) is 2.66. The van der Waals surface area contributed by atoms with E-state index in [4.69, 9.17) is 4.74 Å². The Balaban J connectivity index is 1.75. The number of rotatable bonds is 5. The lowest BCUT2D eigenvalue weighted by Gasteiger charge is -2.13. The number of hydrogen-bond acceptors (Lipinski definition) is 1. The normalized spacial score (nSPS) is 16.6. The Morgan fingerprint density at radius 1 is 1.18 bits per heavy atom. The second-order valence-electron chi connectivity index (χ2n) is 4.59. The number of ether oxygens (including phenoxy) is 1. The molecule has 1 atom stereocenters. The lowest BCUT2D eigenvalue weighted by Crippen LogP contribution is -2.06. The predicted octanol–water partition coefficient (Wildman–Crippen LogP) is 4.08. The van der Waals surface area contributed by atoms with Gasteiger partial charge < -0.3 is 4.74 Å². The maximum absolute atomic E-state index is 5.77. The van der Waals surface area contributed by atoms with Gasteiger partial charge in [0.15, 0.2) is 0 Å². The third-order valence-electron chi connectivity index (χ3n) is 3.08. The van der Waals surface area contributed by atoms with Crippen LogP contribution in [0.5, 0.6) is 0 Å². The van der Waals surface area contributed by atoms with Gasteiger partial charge in [0.2, 0.25) is 0 Å². The van der Waals surface area contributed by atoms with Crippen molar-refractivity contribution in [2.24, 2.45) is 0 Å². The molecule has 1 aliphatic carbocycles. The predicted molar refractivity (Wildman–Crippen MR) is 72.1 cm³/mol. The molecule has 0 aromatic heterocycles. The topological polar surface area (TPSA) is 9.23 Å². The van der Waals surface area contributed by atoms with Crippen molar-refractivity contribution in [2.45, 2.75) is 25.7 Å². The first kappa shape index (κ1) is 12.1. The Hall–Kier alpha value is -1.34. The van der Waals surface area contributed by atoms with Gasteiger partial charge in [-0.1, -0.05) is 55.5 Å². The minimum Gasteiger partial charge on any atom is -0.376 e. The first-order valence-corrected chi connectivity index (χ1v) is 6.34. The summed E-state index contributed by atoms with van der Waals surface area (Å²) in [4.78, 5) is 0. The van der Waals surface area contributed by atoms with Gasteiger partial charge in [0.1, 0.15) is 0 Å². The molecule has 1 aromatic rings. The maximum Gasteiger partial charge on any atom is 0.0713 e. The van der Waals surface area contributed by atoms with E-state index < -0.39 is 0 Å². The van der Waals surface area contributed by atoms with Gasteiger partial charge in [0.25, 0.3) is 0 Å². The summed E-state index contributed by atoms with van der Waals surface area (Å²) < 4.78 is 5.77. The first-order chi connectivity index (χ1) is 8.36. The molecule has 0 bridgehead atoms. The zero-order chi connectivity index (χ0) is 11.9. The van der Waals surface area contributed by atoms with Gasteiger partial charge in [-0.05, 0) is 24.0 Å². The molecule has 0 heterocycles. The van der Waals surface area contributed by atoms with Gasteiger partial charge in [-0.25, -0.2) is 0 Å². The average Bonchev–Trinajstić information content (AvgIpc) is 2.41. The molecule has 0 saturated heterocycles. The summed E-state index contributed by atoms with van der Waals surface area (Å²) >= 11 is 0. The van der Waals surface area contributed by atoms with E-state index in [1.165, 1.54) is 17.6 Å². The minimum atomic E-state index is 0.462. The molecule has 1 aromatic carbocycles. The van der Waals surface area contributed by atoms with E-state index >= 15 is 0 Å². The smallest absolute Gasteiger partial charge is 0.0713 e. The first-order valence-electron chi connectivity index (χ1n) is 6.34. The standard InChI is InChI=1S/C16H20O/c1-14(16-10-6-3-7-11-16)12-17-13-15-8-4-2-5-9-15/h3-4,6-11,14H,2,5,12-13H2,1H3. The fraction of sp³-hybridized carbons (Fsp3) is 0.375. The van der Waals surface area contributed by atoms with Gasteiger partial charge in [-0.15, -0.1) is 0 Å². The minimum absolute atomic E-state index is 0.462. The maximum atomic E-state index is 5.77. The summed E-state index contributed by atoms with van der Waals surface area (Å²) in [5, 5.41) is 0. The fourth-order valence-corrected chi connectivity index (χ4v) is 2.01. The second kappa shape index (κ2) is 6.41. The number of hydrogen-bond donors (Lipinski definition) is 0. The monoisotopic (exact) mass is 228 g/mol. The van der Waals surface area contributed by atoms with Gasteiger partial charge in [0, 0.05) is 5.92 Å². The van der Waals surface area contributed by atoms with E-state index in [1.54, 1.807) is 0 Å². The van der Waals surface area contributed by atoms with Crippen molar-refractivity contribution in [3.05, 3.63) is 59.7 Å². The molecule has 0 radical (unpaired) electrons. The number of allylic oxidation sites excluding steroid dienone is 2. The van der Waals surface area contributed by atoms with Gasteiger partial charge in [-0.2, -0.15) is 0 Å². The lowest BCUT2D eigenvalue weighted by molar-refractivity contribution is 0.145. The van der Waals surface area contributed by atoms with Crippen LogP contribution in [0.15, 0.2) is 54.1 Å². The molecule has 1 unspecified atom stereocenters. The number of benzene rings is 1. The van der Waals surface area contributed by atoms with Crippen molar-refractivity contribution in [1.29, 1.82) is 0 Å². The summed E-state index contributed by atoms with van der Waals surface area (Å²) in [7, 11) is 0. The largest absolute Gasteiger partial charge is 0.376 e. The van der Waals surface area contributed by atoms with E-state index in [9.17, 15) is 0 Å². The van der Waals surface area contributed by atoms with Gasteiger partial charge in [0.05, 0.1) is 13.2 Å². The van der Waals surface area contributed by atoms with Crippen LogP contribution in [0.1, 0.15) is 31.2 Å². The Kier molecular flexibility index (Phi) is 4.57. The van der Waals surface area contributed by atoms with Crippen LogP contribution in [0.25, 0.3) is 0 Å². The highest BCUT2D eigenvalue weighted by molar-refractivity contribution is 5.22. The summed E-state index contributed by atoms with van der Waals surface area (Å²) in [5.74, 6) is 0.462. The van der Waals surface area contributed by atoms with Crippen LogP contribution in [-0.4, -0.2) is 13.2 Å². The molecule has 17 heavy (non-hydrogen) atoms. The average molecular weight is 228 g/mol. The van der Waals surface area contributed by atoms with E-state index in [0.29, 0.717) is 5.92 Å². The molecule has 2 rings (SSSR count). The zero-order valence-corrected chi connectivity index (χ0v) is 10.4. The van der Waals surface area contributed by atoms with Crippen molar-refractivity contribution in [2.75, 3.05) is 13.2 Å². The molecule has 1 nitrogen and oxygen atoms in total.